The molecule has 0 spiro atoms. The van der Waals surface area contributed by atoms with E-state index in [0.29, 0.717) is 23.2 Å². The van der Waals surface area contributed by atoms with Crippen molar-refractivity contribution in [3.63, 3.8) is 0 Å². The molecule has 0 aliphatic rings. The lowest BCUT2D eigenvalue weighted by Crippen LogP contribution is -2.38. The van der Waals surface area contributed by atoms with Crippen LogP contribution in [0.1, 0.15) is 38.3 Å². The molecule has 2 amide bonds. The van der Waals surface area contributed by atoms with Gasteiger partial charge in [0.2, 0.25) is 11.7 Å². The van der Waals surface area contributed by atoms with Gasteiger partial charge in [0.25, 0.3) is 0 Å². The van der Waals surface area contributed by atoms with Gasteiger partial charge >= 0.3 is 6.09 Å². The van der Waals surface area contributed by atoms with Crippen molar-refractivity contribution in [1.82, 2.24) is 31.3 Å². The van der Waals surface area contributed by atoms with Crippen molar-refractivity contribution in [2.75, 3.05) is 14.2 Å². The van der Waals surface area contributed by atoms with Crippen LogP contribution in [-0.2, 0) is 17.8 Å². The number of tetrazole rings is 1. The summed E-state index contributed by atoms with van der Waals surface area (Å²) >= 11 is 3.44. The Labute approximate surface area is 241 Å². The van der Waals surface area contributed by atoms with Gasteiger partial charge in [0.1, 0.15) is 0 Å². The molecule has 1 atom stereocenters. The van der Waals surface area contributed by atoms with E-state index in [9.17, 15) is 9.59 Å². The van der Waals surface area contributed by atoms with Gasteiger partial charge in [-0.25, -0.2) is 4.79 Å². The van der Waals surface area contributed by atoms with Crippen LogP contribution < -0.4 is 25.8 Å². The number of benzene rings is 2. The number of amides is 2. The summed E-state index contributed by atoms with van der Waals surface area (Å²) < 4.78 is 11.2. The number of nitrogens with zero attached hydrogens (tertiary/aromatic N) is 4. The Morgan fingerprint density at radius 3 is 2.45 bits per heavy atom. The van der Waals surface area contributed by atoms with Gasteiger partial charge in [0.15, 0.2) is 17.5 Å². The maximum atomic E-state index is 12.2. The molecule has 1 aromatic heterocycles. The fourth-order valence-corrected chi connectivity index (χ4v) is 4.14. The van der Waals surface area contributed by atoms with Gasteiger partial charge in [-0.2, -0.15) is 5.21 Å². The number of hydrogen-bond acceptors (Lipinski definition) is 8. The predicted octanol–water partition coefficient (Wildman–Crippen LogP) is 3.51. The number of methoxy groups -OCH3 is 2. The summed E-state index contributed by atoms with van der Waals surface area (Å²) in [6, 6.07) is 10.9. The van der Waals surface area contributed by atoms with Gasteiger partial charge in [0, 0.05) is 16.6 Å². The number of guanidine groups is 1. The highest BCUT2D eigenvalue weighted by Gasteiger charge is 2.14. The number of aliphatic imine (C=N–C) groups is 1. The van der Waals surface area contributed by atoms with Crippen molar-refractivity contribution in [2.45, 2.75) is 46.2 Å². The zero-order chi connectivity index (χ0) is 29.7. The van der Waals surface area contributed by atoms with Crippen LogP contribution >= 0.6 is 15.9 Å². The summed E-state index contributed by atoms with van der Waals surface area (Å²) in [7, 11) is 3.11. The van der Waals surface area contributed by atoms with Crippen molar-refractivity contribution >= 4 is 33.9 Å². The molecule has 0 aliphatic carbocycles. The highest BCUT2D eigenvalue weighted by Crippen LogP contribution is 2.33. The molecule has 3 rings (SSSR count). The molecule has 13 nitrogen and oxygen atoms in total. The molecule has 0 bridgehead atoms. The number of rotatable bonds is 10. The normalized spacial score (nSPS) is 11.7. The Morgan fingerprint density at radius 2 is 1.85 bits per heavy atom. The van der Waals surface area contributed by atoms with Gasteiger partial charge in [-0.3, -0.25) is 15.1 Å². The van der Waals surface area contributed by atoms with Gasteiger partial charge in [-0.15, -0.1) is 10.2 Å². The van der Waals surface area contributed by atoms with Crippen LogP contribution in [0.3, 0.4) is 0 Å². The lowest BCUT2D eigenvalue weighted by atomic mass is 10.1. The van der Waals surface area contributed by atoms with Gasteiger partial charge in [0.05, 0.1) is 26.7 Å². The number of carbonyl (C=O) groups excluding carboxylic acids is 1. The average Bonchev–Trinajstić information content (AvgIpc) is 3.43. The molecule has 14 heteroatoms. The zero-order valence-corrected chi connectivity index (χ0v) is 24.7. The van der Waals surface area contributed by atoms with Crippen molar-refractivity contribution < 1.29 is 24.2 Å². The molecule has 2 aromatic carbocycles. The Morgan fingerprint density at radius 1 is 1.15 bits per heavy atom. The molecule has 0 radical (unpaired) electrons. The molecule has 40 heavy (non-hydrogen) atoms. The second-order valence-electron chi connectivity index (χ2n) is 9.11. The number of nitrogens with two attached hydrogens (primary N) is 1. The summed E-state index contributed by atoms with van der Waals surface area (Å²) in [5.74, 6) is 2.07. The highest BCUT2D eigenvalue weighted by atomic mass is 79.9. The summed E-state index contributed by atoms with van der Waals surface area (Å²) in [6.45, 7) is 6.47. The van der Waals surface area contributed by atoms with E-state index in [1.165, 1.54) is 0 Å². The molecule has 0 saturated carbocycles. The van der Waals surface area contributed by atoms with E-state index >= 15 is 0 Å². The van der Waals surface area contributed by atoms with Crippen LogP contribution in [0, 0.1) is 5.92 Å². The summed E-state index contributed by atoms with van der Waals surface area (Å²) in [4.78, 5) is 26.8. The van der Waals surface area contributed by atoms with Gasteiger partial charge in [-0.05, 0) is 53.8 Å². The number of carbonyl (C=O) groups is 2. The number of aromatic amines is 1. The number of halogens is 1. The number of nitrogens with one attached hydrogen (secondary N) is 3. The van der Waals surface area contributed by atoms with Crippen molar-refractivity contribution in [3.05, 3.63) is 52.0 Å². The number of aromatic nitrogens is 4. The van der Waals surface area contributed by atoms with E-state index in [1.807, 2.05) is 25.1 Å². The minimum atomic E-state index is -1.05. The average molecular weight is 620 g/mol. The van der Waals surface area contributed by atoms with Crippen LogP contribution in [0.25, 0.3) is 11.4 Å². The molecule has 0 aliphatic heterocycles. The first-order valence-corrected chi connectivity index (χ1v) is 13.1. The number of carboxylic acid groups (broad SMARTS) is 1. The largest absolute Gasteiger partial charge is 0.493 e. The Balaban J connectivity index is 0.000000302. The molecule has 3 aromatic rings. The molecule has 216 valence electrons. The predicted molar refractivity (Wildman–Crippen MR) is 154 cm³/mol. The third kappa shape index (κ3) is 10.9. The second-order valence-corrected chi connectivity index (χ2v) is 9.97. The van der Waals surface area contributed by atoms with Crippen molar-refractivity contribution in [3.8, 4) is 22.9 Å². The minimum Gasteiger partial charge on any atom is -0.493 e. The molecule has 0 fully saturated rings. The van der Waals surface area contributed by atoms with Crippen LogP contribution in [0.15, 0.2) is 45.9 Å². The molecular weight excluding hydrogens is 584 g/mol. The van der Waals surface area contributed by atoms with Crippen LogP contribution in [0.5, 0.6) is 11.5 Å². The highest BCUT2D eigenvalue weighted by molar-refractivity contribution is 9.10. The number of hydrogen-bond donors (Lipinski definition) is 5. The number of ether oxygens (including phenoxy) is 2. The van der Waals surface area contributed by atoms with Crippen molar-refractivity contribution in [1.29, 1.82) is 0 Å². The Bertz CT molecular complexity index is 1280. The minimum absolute atomic E-state index is 0.0677. The molecule has 1 heterocycles. The Kier molecular flexibility index (Phi) is 12.8. The third-order valence-corrected chi connectivity index (χ3v) is 6.06. The third-order valence-electron chi connectivity index (χ3n) is 5.32. The first-order chi connectivity index (χ1) is 19.0. The number of H-pyrrole nitrogens is 1. The quantitative estimate of drug-likeness (QED) is 0.167. The fraction of sp³-hybridized carbons (Fsp3) is 0.385. The van der Waals surface area contributed by atoms with E-state index in [1.54, 1.807) is 32.4 Å². The lowest BCUT2D eigenvalue weighted by Gasteiger charge is -2.13. The van der Waals surface area contributed by atoms with Gasteiger partial charge in [-0.1, -0.05) is 48.0 Å². The van der Waals surface area contributed by atoms with Crippen molar-refractivity contribution in [2.24, 2.45) is 16.6 Å². The van der Waals surface area contributed by atoms with Gasteiger partial charge < -0.3 is 25.6 Å². The van der Waals surface area contributed by atoms with E-state index in [2.05, 4.69) is 66.0 Å². The molecule has 0 saturated heterocycles. The maximum absolute atomic E-state index is 12.2. The summed E-state index contributed by atoms with van der Waals surface area (Å²) in [5.41, 5.74) is 8.21. The Hall–Kier alpha value is -4.20. The SMILES string of the molecule is COc1cc(Br)c(CC(=O)NC(N)=N[C@H](C)CC(C)C)cc1OC.O=C(O)NCc1cccc(-c2nn[nH]n2)c1. The standard InChI is InChI=1S/C17H26BrN3O3.C9H9N5O2/c1-10(2)6-11(3)20-17(19)21-16(22)8-12-7-14(23-4)15(24-5)9-13(12)18;15-9(16)10-5-6-2-1-3-7(4-6)8-11-13-14-12-8/h7,9-11H,6,8H2,1-5H3,(H3,19,20,21,22);1-4,10H,5H2,(H,15,16)(H,11,12,13,14)/t11-;/m1./s1. The van der Waals surface area contributed by atoms with Crippen LogP contribution in [-0.4, -0.2) is 64.0 Å². The van der Waals surface area contributed by atoms with Crippen LogP contribution in [0.4, 0.5) is 4.79 Å². The molecule has 6 N–H and O–H groups in total. The maximum Gasteiger partial charge on any atom is 0.404 e. The van der Waals surface area contributed by atoms with Crippen LogP contribution in [0.2, 0.25) is 0 Å². The summed E-state index contributed by atoms with van der Waals surface area (Å²) in [6.07, 6.45) is 0.0121. The topological polar surface area (TPSA) is 190 Å². The lowest BCUT2D eigenvalue weighted by molar-refractivity contribution is -0.119. The second kappa shape index (κ2) is 16.0. The monoisotopic (exact) mass is 618 g/mol. The fourth-order valence-electron chi connectivity index (χ4n) is 3.68. The van der Waals surface area contributed by atoms with E-state index < -0.39 is 6.09 Å². The molecular formula is C26H35BrN8O5. The zero-order valence-electron chi connectivity index (χ0n) is 23.1. The smallest absolute Gasteiger partial charge is 0.404 e. The first kappa shape index (κ1) is 32.0. The first-order valence-electron chi connectivity index (χ1n) is 12.3. The summed E-state index contributed by atoms with van der Waals surface area (Å²) in [5, 5.41) is 26.9. The van der Waals surface area contributed by atoms with E-state index in [0.717, 1.165) is 27.6 Å². The van der Waals surface area contributed by atoms with E-state index in [4.69, 9.17) is 20.3 Å². The van der Waals surface area contributed by atoms with E-state index in [-0.39, 0.29) is 30.9 Å². The molecule has 0 unspecified atom stereocenters.